The highest BCUT2D eigenvalue weighted by Gasteiger charge is 2.42. The molecule has 0 amide bonds. The van der Waals surface area contributed by atoms with Crippen molar-refractivity contribution < 1.29 is 22.4 Å². The van der Waals surface area contributed by atoms with Crippen molar-refractivity contribution in [2.45, 2.75) is 69.8 Å². The van der Waals surface area contributed by atoms with Crippen molar-refractivity contribution in [2.24, 2.45) is 0 Å². The maximum absolute atomic E-state index is 12.7. The van der Waals surface area contributed by atoms with Gasteiger partial charge in [-0.25, -0.2) is 8.42 Å². The molecule has 6 nitrogen and oxygen atoms in total. The molecule has 1 aromatic carbocycles. The molecule has 0 saturated heterocycles. The molecule has 0 aliphatic carbocycles. The van der Waals surface area contributed by atoms with E-state index in [1.54, 1.807) is 19.1 Å². The SMILES string of the molecule is COC(=O)[C@H](NS(=O)(=O)c1ccc(C)cc1)[C@@H](C)O[Si](C)(C)C(C)(C)C. The highest BCUT2D eigenvalue weighted by Crippen LogP contribution is 2.37. The molecule has 0 aromatic heterocycles. The fourth-order valence-corrected chi connectivity index (χ4v) is 4.80. The van der Waals surface area contributed by atoms with Crippen LogP contribution in [-0.4, -0.2) is 42.0 Å². The number of rotatable bonds is 7. The third kappa shape index (κ3) is 5.64. The Hall–Kier alpha value is -1.22. The lowest BCUT2D eigenvalue weighted by Gasteiger charge is -2.39. The standard InChI is InChI=1S/C18H31NO5SSi/c1-13-9-11-15(12-10-13)25(21,22)19-16(17(20)23-6)14(2)24-26(7,8)18(3,4)5/h9-12,14,16,19H,1-8H3/t14-,16-/m1/s1. The molecule has 26 heavy (non-hydrogen) atoms. The van der Waals surface area contributed by atoms with Gasteiger partial charge < -0.3 is 9.16 Å². The maximum atomic E-state index is 12.7. The number of aryl methyl sites for hydroxylation is 1. The second kappa shape index (κ2) is 8.20. The van der Waals surface area contributed by atoms with E-state index >= 15 is 0 Å². The van der Waals surface area contributed by atoms with Crippen LogP contribution in [0.4, 0.5) is 0 Å². The fourth-order valence-electron chi connectivity index (χ4n) is 2.12. The number of methoxy groups -OCH3 is 1. The summed E-state index contributed by atoms with van der Waals surface area (Å²) in [5, 5.41) is -0.0717. The maximum Gasteiger partial charge on any atom is 0.326 e. The molecule has 0 aliphatic rings. The number of carbonyl (C=O) groups is 1. The van der Waals surface area contributed by atoms with Crippen LogP contribution in [0.2, 0.25) is 18.1 Å². The summed E-state index contributed by atoms with van der Waals surface area (Å²) in [6.45, 7) is 13.9. The van der Waals surface area contributed by atoms with Crippen LogP contribution in [0, 0.1) is 6.92 Å². The van der Waals surface area contributed by atoms with Gasteiger partial charge in [-0.05, 0) is 44.1 Å². The quantitative estimate of drug-likeness (QED) is 0.560. The van der Waals surface area contributed by atoms with Crippen molar-refractivity contribution in [1.82, 2.24) is 4.72 Å². The van der Waals surface area contributed by atoms with E-state index in [9.17, 15) is 13.2 Å². The first kappa shape index (κ1) is 22.8. The summed E-state index contributed by atoms with van der Waals surface area (Å²) in [5.74, 6) is -0.674. The molecule has 0 aliphatic heterocycles. The van der Waals surface area contributed by atoms with Crippen molar-refractivity contribution in [3.63, 3.8) is 0 Å². The second-order valence-corrected chi connectivity index (χ2v) is 14.5. The van der Waals surface area contributed by atoms with Crippen molar-refractivity contribution in [3.8, 4) is 0 Å². The lowest BCUT2D eigenvalue weighted by molar-refractivity contribution is -0.144. The largest absolute Gasteiger partial charge is 0.468 e. The first-order chi connectivity index (χ1) is 11.7. The van der Waals surface area contributed by atoms with Crippen LogP contribution in [0.1, 0.15) is 33.3 Å². The number of carbonyl (C=O) groups excluding carboxylic acids is 1. The van der Waals surface area contributed by atoms with E-state index in [1.165, 1.54) is 19.2 Å². The average molecular weight is 402 g/mol. The number of hydrogen-bond donors (Lipinski definition) is 1. The first-order valence-electron chi connectivity index (χ1n) is 8.56. The van der Waals surface area contributed by atoms with Gasteiger partial charge >= 0.3 is 5.97 Å². The summed E-state index contributed by atoms with van der Waals surface area (Å²) in [6.07, 6.45) is -0.663. The lowest BCUT2D eigenvalue weighted by atomic mass is 10.2. The van der Waals surface area contributed by atoms with Crippen molar-refractivity contribution in [1.29, 1.82) is 0 Å². The summed E-state index contributed by atoms with van der Waals surface area (Å²) in [6, 6.07) is 5.30. The molecular formula is C18H31NO5SSi. The Morgan fingerprint density at radius 3 is 2.08 bits per heavy atom. The summed E-state index contributed by atoms with van der Waals surface area (Å²) in [7, 11) is -4.85. The molecule has 0 fully saturated rings. The van der Waals surface area contributed by atoms with E-state index in [4.69, 9.17) is 9.16 Å². The molecule has 0 bridgehead atoms. The molecule has 2 atom stereocenters. The Kier molecular flexibility index (Phi) is 7.20. The normalized spacial score (nSPS) is 15.4. The van der Waals surface area contributed by atoms with Gasteiger partial charge in [-0.2, -0.15) is 4.72 Å². The molecule has 0 saturated carbocycles. The van der Waals surface area contributed by atoms with Crippen molar-refractivity contribution >= 4 is 24.3 Å². The van der Waals surface area contributed by atoms with E-state index < -0.39 is 36.5 Å². The lowest BCUT2D eigenvalue weighted by Crippen LogP contribution is -2.54. The van der Waals surface area contributed by atoms with Crippen molar-refractivity contribution in [3.05, 3.63) is 29.8 Å². The fraction of sp³-hybridized carbons (Fsp3) is 0.611. The van der Waals surface area contributed by atoms with E-state index in [0.717, 1.165) is 5.56 Å². The van der Waals surface area contributed by atoms with E-state index in [1.807, 2.05) is 20.0 Å². The Balaban J connectivity index is 3.11. The Bertz CT molecular complexity index is 723. The minimum Gasteiger partial charge on any atom is -0.468 e. The molecule has 1 aromatic rings. The summed E-state index contributed by atoms with van der Waals surface area (Å²) >= 11 is 0. The van der Waals surface area contributed by atoms with Gasteiger partial charge in [0.15, 0.2) is 8.32 Å². The van der Waals surface area contributed by atoms with Crippen LogP contribution in [0.5, 0.6) is 0 Å². The van der Waals surface area contributed by atoms with Crippen LogP contribution in [0.3, 0.4) is 0 Å². The Morgan fingerprint density at radius 2 is 1.65 bits per heavy atom. The number of hydrogen-bond acceptors (Lipinski definition) is 5. The number of nitrogens with one attached hydrogen (secondary N) is 1. The van der Waals surface area contributed by atoms with Crippen LogP contribution < -0.4 is 4.72 Å². The molecule has 0 radical (unpaired) electrons. The van der Waals surface area contributed by atoms with Crippen LogP contribution in [0.15, 0.2) is 29.2 Å². The van der Waals surface area contributed by atoms with Crippen LogP contribution in [0.25, 0.3) is 0 Å². The zero-order valence-corrected chi connectivity index (χ0v) is 18.7. The van der Waals surface area contributed by atoms with Gasteiger partial charge in [-0.1, -0.05) is 38.5 Å². The number of ether oxygens (including phenoxy) is 1. The van der Waals surface area contributed by atoms with E-state index in [-0.39, 0.29) is 9.93 Å². The van der Waals surface area contributed by atoms with Crippen molar-refractivity contribution in [2.75, 3.05) is 7.11 Å². The smallest absolute Gasteiger partial charge is 0.326 e. The molecule has 0 unspecified atom stereocenters. The van der Waals surface area contributed by atoms with Crippen LogP contribution in [-0.2, 0) is 24.0 Å². The van der Waals surface area contributed by atoms with E-state index in [2.05, 4.69) is 25.5 Å². The molecule has 148 valence electrons. The molecule has 1 N–H and O–H groups in total. The zero-order valence-electron chi connectivity index (χ0n) is 16.9. The Morgan fingerprint density at radius 1 is 1.15 bits per heavy atom. The van der Waals surface area contributed by atoms with Gasteiger partial charge in [0, 0.05) is 0 Å². The van der Waals surface area contributed by atoms with Gasteiger partial charge in [0.05, 0.1) is 18.1 Å². The molecular weight excluding hydrogens is 370 g/mol. The predicted molar refractivity (Wildman–Crippen MR) is 105 cm³/mol. The summed E-state index contributed by atoms with van der Waals surface area (Å²) < 4.78 is 38.8. The van der Waals surface area contributed by atoms with E-state index in [0.29, 0.717) is 0 Å². The Labute approximate surface area is 158 Å². The van der Waals surface area contributed by atoms with Gasteiger partial charge in [0.25, 0.3) is 0 Å². The monoisotopic (exact) mass is 401 g/mol. The first-order valence-corrected chi connectivity index (χ1v) is 12.9. The average Bonchev–Trinajstić information content (AvgIpc) is 2.50. The highest BCUT2D eigenvalue weighted by atomic mass is 32.2. The molecule has 8 heteroatoms. The molecule has 1 rings (SSSR count). The molecule has 0 heterocycles. The van der Waals surface area contributed by atoms with Gasteiger partial charge in [-0.3, -0.25) is 4.79 Å². The number of sulfonamides is 1. The third-order valence-electron chi connectivity index (χ3n) is 4.82. The van der Waals surface area contributed by atoms with Gasteiger partial charge in [-0.15, -0.1) is 0 Å². The summed E-state index contributed by atoms with van der Waals surface area (Å²) in [5.41, 5.74) is 0.947. The summed E-state index contributed by atoms with van der Waals surface area (Å²) in [4.78, 5) is 12.3. The minimum absolute atomic E-state index is 0.0717. The highest BCUT2D eigenvalue weighted by molar-refractivity contribution is 7.89. The molecule has 0 spiro atoms. The zero-order chi connectivity index (χ0) is 20.3. The number of esters is 1. The topological polar surface area (TPSA) is 81.7 Å². The predicted octanol–water partition coefficient (Wildman–Crippen LogP) is 3.23. The van der Waals surface area contributed by atoms with Crippen LogP contribution >= 0.6 is 0 Å². The van der Waals surface area contributed by atoms with Gasteiger partial charge in [0.2, 0.25) is 10.0 Å². The second-order valence-electron chi connectivity index (χ2n) is 8.02. The van der Waals surface area contributed by atoms with Gasteiger partial charge in [0.1, 0.15) is 6.04 Å². The third-order valence-corrected chi connectivity index (χ3v) is 10.9. The number of benzene rings is 1. The minimum atomic E-state index is -3.88.